The first-order valence-electron chi connectivity index (χ1n) is 5.58. The van der Waals surface area contributed by atoms with Gasteiger partial charge in [0, 0.05) is 0 Å². The van der Waals surface area contributed by atoms with E-state index in [9.17, 15) is 4.79 Å². The molecule has 0 fully saturated rings. The molecular weight excluding hydrogens is 222 g/mol. The highest BCUT2D eigenvalue weighted by molar-refractivity contribution is 7.12. The predicted octanol–water partition coefficient (Wildman–Crippen LogP) is 2.06. The summed E-state index contributed by atoms with van der Waals surface area (Å²) in [5, 5.41) is 14.0. The van der Waals surface area contributed by atoms with Crippen LogP contribution in [0.3, 0.4) is 0 Å². The van der Waals surface area contributed by atoms with Gasteiger partial charge in [0.15, 0.2) is 0 Å². The molecule has 0 spiro atoms. The summed E-state index contributed by atoms with van der Waals surface area (Å²) in [4.78, 5) is 12.7. The zero-order chi connectivity index (χ0) is 12.1. The van der Waals surface area contributed by atoms with Crippen LogP contribution in [0.5, 0.6) is 0 Å². The molecule has 3 nitrogen and oxygen atoms in total. The van der Waals surface area contributed by atoms with Gasteiger partial charge in [-0.25, -0.2) is 0 Å². The first-order chi connectivity index (χ1) is 7.60. The van der Waals surface area contributed by atoms with Crippen LogP contribution in [0.1, 0.15) is 36.0 Å². The summed E-state index contributed by atoms with van der Waals surface area (Å²) in [5.74, 6) is 0.165. The molecule has 0 bridgehead atoms. The van der Waals surface area contributed by atoms with E-state index in [1.165, 1.54) is 11.3 Å². The Bertz CT molecular complexity index is 347. The number of aliphatic hydroxyl groups excluding tert-OH is 1. The molecule has 0 aromatic carbocycles. The van der Waals surface area contributed by atoms with E-state index >= 15 is 0 Å². The summed E-state index contributed by atoms with van der Waals surface area (Å²) in [6.07, 6.45) is 0.859. The van der Waals surface area contributed by atoms with E-state index in [1.807, 2.05) is 32.2 Å². The minimum absolute atomic E-state index is 0.0176. The van der Waals surface area contributed by atoms with Crippen molar-refractivity contribution in [3.63, 3.8) is 0 Å². The van der Waals surface area contributed by atoms with Crippen LogP contribution in [-0.4, -0.2) is 23.7 Å². The van der Waals surface area contributed by atoms with Crippen molar-refractivity contribution < 1.29 is 9.90 Å². The van der Waals surface area contributed by atoms with Gasteiger partial charge in [-0.05, 0) is 29.3 Å². The van der Waals surface area contributed by atoms with E-state index in [0.29, 0.717) is 0 Å². The zero-order valence-corrected chi connectivity index (χ0v) is 10.8. The lowest BCUT2D eigenvalue weighted by Gasteiger charge is -2.19. The Balaban J connectivity index is 2.71. The number of rotatable bonds is 5. The minimum Gasteiger partial charge on any atom is -0.394 e. The first-order valence-corrected chi connectivity index (χ1v) is 6.46. The van der Waals surface area contributed by atoms with E-state index in [-0.39, 0.29) is 24.5 Å². The Hall–Kier alpha value is -0.870. The van der Waals surface area contributed by atoms with E-state index in [0.717, 1.165) is 16.9 Å². The third-order valence-corrected chi connectivity index (χ3v) is 3.61. The second-order valence-corrected chi connectivity index (χ2v) is 5.05. The fourth-order valence-electron chi connectivity index (χ4n) is 1.47. The summed E-state index contributed by atoms with van der Waals surface area (Å²) >= 11 is 1.45. The molecule has 1 heterocycles. The monoisotopic (exact) mass is 241 g/mol. The topological polar surface area (TPSA) is 49.3 Å². The average molecular weight is 241 g/mol. The van der Waals surface area contributed by atoms with Gasteiger partial charge in [-0.3, -0.25) is 4.79 Å². The molecule has 1 atom stereocenters. The van der Waals surface area contributed by atoms with Crippen LogP contribution in [0.15, 0.2) is 11.4 Å². The molecule has 4 heteroatoms. The van der Waals surface area contributed by atoms with Crippen molar-refractivity contribution in [2.24, 2.45) is 5.92 Å². The molecule has 1 aromatic heterocycles. The molecule has 0 radical (unpaired) electrons. The average Bonchev–Trinajstić information content (AvgIpc) is 2.72. The summed E-state index contributed by atoms with van der Waals surface area (Å²) in [6, 6.07) is 1.81. The van der Waals surface area contributed by atoms with Crippen LogP contribution in [0.4, 0.5) is 0 Å². The normalized spacial score (nSPS) is 12.8. The maximum atomic E-state index is 11.9. The Kier molecular flexibility index (Phi) is 4.96. The van der Waals surface area contributed by atoms with E-state index in [4.69, 9.17) is 5.11 Å². The van der Waals surface area contributed by atoms with Crippen LogP contribution >= 0.6 is 11.3 Å². The lowest BCUT2D eigenvalue weighted by Crippen LogP contribution is -2.41. The van der Waals surface area contributed by atoms with Gasteiger partial charge in [0.2, 0.25) is 0 Å². The molecule has 0 saturated carbocycles. The highest BCUT2D eigenvalue weighted by atomic mass is 32.1. The van der Waals surface area contributed by atoms with Crippen molar-refractivity contribution in [2.45, 2.75) is 33.2 Å². The molecule has 90 valence electrons. The number of carbonyl (C=O) groups is 1. The molecule has 1 rings (SSSR count). The lowest BCUT2D eigenvalue weighted by atomic mass is 10.1. The SMILES string of the molecule is CCc1ccsc1C(=O)N[C@H](CO)C(C)C. The van der Waals surface area contributed by atoms with Gasteiger partial charge in [-0.1, -0.05) is 20.8 Å². The van der Waals surface area contributed by atoms with Crippen LogP contribution in [0, 0.1) is 5.92 Å². The number of thiophene rings is 1. The summed E-state index contributed by atoms with van der Waals surface area (Å²) in [6.45, 7) is 5.98. The minimum atomic E-state index is -0.167. The molecule has 1 aromatic rings. The predicted molar refractivity (Wildman–Crippen MR) is 66.9 cm³/mol. The van der Waals surface area contributed by atoms with Crippen molar-refractivity contribution in [1.82, 2.24) is 5.32 Å². The summed E-state index contributed by atoms with van der Waals surface area (Å²) in [7, 11) is 0. The first kappa shape index (κ1) is 13.2. The van der Waals surface area contributed by atoms with Gasteiger partial charge >= 0.3 is 0 Å². The Morgan fingerprint density at radius 2 is 2.25 bits per heavy atom. The van der Waals surface area contributed by atoms with Crippen molar-refractivity contribution >= 4 is 17.2 Å². The summed E-state index contributed by atoms with van der Waals surface area (Å²) < 4.78 is 0. The lowest BCUT2D eigenvalue weighted by molar-refractivity contribution is 0.0900. The van der Waals surface area contributed by atoms with Gasteiger partial charge in [0.05, 0.1) is 17.5 Å². The highest BCUT2D eigenvalue weighted by Crippen LogP contribution is 2.17. The van der Waals surface area contributed by atoms with Crippen molar-refractivity contribution in [3.05, 3.63) is 21.9 Å². The Labute approximate surface area is 100 Å². The number of hydrogen-bond donors (Lipinski definition) is 2. The van der Waals surface area contributed by atoms with Gasteiger partial charge in [-0.15, -0.1) is 11.3 Å². The molecule has 0 saturated heterocycles. The van der Waals surface area contributed by atoms with E-state index < -0.39 is 0 Å². The van der Waals surface area contributed by atoms with Crippen molar-refractivity contribution in [2.75, 3.05) is 6.61 Å². The Morgan fingerprint density at radius 3 is 2.75 bits per heavy atom. The molecule has 0 aliphatic heterocycles. The maximum Gasteiger partial charge on any atom is 0.261 e. The fraction of sp³-hybridized carbons (Fsp3) is 0.583. The van der Waals surface area contributed by atoms with Gasteiger partial charge < -0.3 is 10.4 Å². The zero-order valence-electron chi connectivity index (χ0n) is 9.99. The smallest absolute Gasteiger partial charge is 0.261 e. The van der Waals surface area contributed by atoms with Crippen LogP contribution in [0.25, 0.3) is 0 Å². The molecule has 0 aliphatic carbocycles. The van der Waals surface area contributed by atoms with Gasteiger partial charge in [0.25, 0.3) is 5.91 Å². The van der Waals surface area contributed by atoms with Crippen molar-refractivity contribution in [1.29, 1.82) is 0 Å². The number of carbonyl (C=O) groups excluding carboxylic acids is 1. The highest BCUT2D eigenvalue weighted by Gasteiger charge is 2.18. The quantitative estimate of drug-likeness (QED) is 0.829. The number of aliphatic hydroxyl groups is 1. The number of nitrogens with one attached hydrogen (secondary N) is 1. The molecule has 2 N–H and O–H groups in total. The number of hydrogen-bond acceptors (Lipinski definition) is 3. The summed E-state index contributed by atoms with van der Waals surface area (Å²) in [5.41, 5.74) is 1.07. The molecule has 0 aliphatic rings. The van der Waals surface area contributed by atoms with Crippen LogP contribution < -0.4 is 5.32 Å². The van der Waals surface area contributed by atoms with E-state index in [1.54, 1.807) is 0 Å². The molecular formula is C12H19NO2S. The van der Waals surface area contributed by atoms with Crippen LogP contribution in [-0.2, 0) is 6.42 Å². The van der Waals surface area contributed by atoms with Crippen LogP contribution in [0.2, 0.25) is 0 Å². The largest absolute Gasteiger partial charge is 0.394 e. The standard InChI is InChI=1S/C12H19NO2S/c1-4-9-5-6-16-11(9)12(15)13-10(7-14)8(2)3/h5-6,8,10,14H,4,7H2,1-3H3,(H,13,15)/t10-/m1/s1. The number of amides is 1. The van der Waals surface area contributed by atoms with Gasteiger partial charge in [0.1, 0.15) is 0 Å². The molecule has 0 unspecified atom stereocenters. The molecule has 16 heavy (non-hydrogen) atoms. The fourth-order valence-corrected chi connectivity index (χ4v) is 2.37. The number of aryl methyl sites for hydroxylation is 1. The molecule has 1 amide bonds. The second-order valence-electron chi connectivity index (χ2n) is 4.14. The maximum absolute atomic E-state index is 11.9. The van der Waals surface area contributed by atoms with Crippen molar-refractivity contribution in [3.8, 4) is 0 Å². The third kappa shape index (κ3) is 3.06. The van der Waals surface area contributed by atoms with Gasteiger partial charge in [-0.2, -0.15) is 0 Å². The second kappa shape index (κ2) is 6.01. The third-order valence-electron chi connectivity index (χ3n) is 2.65. The van der Waals surface area contributed by atoms with E-state index in [2.05, 4.69) is 5.32 Å². The Morgan fingerprint density at radius 1 is 1.56 bits per heavy atom.